The Morgan fingerprint density at radius 3 is 2.67 bits per heavy atom. The van der Waals surface area contributed by atoms with E-state index in [1.165, 1.54) is 0 Å². The maximum atomic E-state index is 11.5. The van der Waals surface area contributed by atoms with Crippen molar-refractivity contribution in [2.75, 3.05) is 13.1 Å². The van der Waals surface area contributed by atoms with E-state index in [0.717, 1.165) is 13.1 Å². The van der Waals surface area contributed by atoms with Crippen LogP contribution in [0.3, 0.4) is 0 Å². The first-order valence-corrected chi connectivity index (χ1v) is 4.08. The van der Waals surface area contributed by atoms with Gasteiger partial charge in [-0.15, -0.1) is 0 Å². The molecule has 0 bridgehead atoms. The summed E-state index contributed by atoms with van der Waals surface area (Å²) in [6, 6.07) is 0. The van der Waals surface area contributed by atoms with E-state index in [0.29, 0.717) is 5.82 Å². The van der Waals surface area contributed by atoms with Crippen LogP contribution in [0.2, 0.25) is 0 Å². The average Bonchev–Trinajstić information content (AvgIpc) is 2.58. The SMILES string of the molecule is CCN(CC)C(=O)c1ncc[nH]1. The molecule has 4 nitrogen and oxygen atoms in total. The maximum absolute atomic E-state index is 11.5. The topological polar surface area (TPSA) is 49.0 Å². The molecule has 66 valence electrons. The number of nitrogens with zero attached hydrogens (tertiary/aromatic N) is 2. The van der Waals surface area contributed by atoms with Crippen molar-refractivity contribution >= 4 is 5.91 Å². The van der Waals surface area contributed by atoms with Gasteiger partial charge in [0, 0.05) is 25.5 Å². The molecule has 1 heterocycles. The number of carbonyl (C=O) groups excluding carboxylic acids is 1. The lowest BCUT2D eigenvalue weighted by molar-refractivity contribution is 0.0762. The molecule has 0 unspecified atom stereocenters. The highest BCUT2D eigenvalue weighted by Crippen LogP contribution is 1.97. The first kappa shape index (κ1) is 8.77. The summed E-state index contributed by atoms with van der Waals surface area (Å²) >= 11 is 0. The van der Waals surface area contributed by atoms with Gasteiger partial charge in [0.25, 0.3) is 5.91 Å². The van der Waals surface area contributed by atoms with E-state index in [1.54, 1.807) is 17.3 Å². The molecule has 12 heavy (non-hydrogen) atoms. The van der Waals surface area contributed by atoms with Gasteiger partial charge in [0.1, 0.15) is 0 Å². The zero-order valence-corrected chi connectivity index (χ0v) is 7.37. The molecule has 1 aromatic heterocycles. The average molecular weight is 167 g/mol. The molecule has 4 heteroatoms. The van der Waals surface area contributed by atoms with Gasteiger partial charge in [0.05, 0.1) is 0 Å². The molecule has 0 aliphatic carbocycles. The van der Waals surface area contributed by atoms with Crippen LogP contribution < -0.4 is 0 Å². The van der Waals surface area contributed by atoms with Gasteiger partial charge in [-0.25, -0.2) is 4.98 Å². The van der Waals surface area contributed by atoms with Crippen LogP contribution in [-0.2, 0) is 0 Å². The molecule has 0 aliphatic heterocycles. The molecule has 0 spiro atoms. The monoisotopic (exact) mass is 167 g/mol. The van der Waals surface area contributed by atoms with E-state index in [-0.39, 0.29) is 5.91 Å². The Bertz CT molecular complexity index is 239. The minimum absolute atomic E-state index is 0.0370. The molecule has 1 N–H and O–H groups in total. The fourth-order valence-corrected chi connectivity index (χ4v) is 1.04. The van der Waals surface area contributed by atoms with Crippen LogP contribution in [0, 0.1) is 0 Å². The molecular weight excluding hydrogens is 154 g/mol. The second kappa shape index (κ2) is 3.90. The lowest BCUT2D eigenvalue weighted by atomic mass is 10.4. The first-order chi connectivity index (χ1) is 5.79. The van der Waals surface area contributed by atoms with Crippen LogP contribution in [0.4, 0.5) is 0 Å². The van der Waals surface area contributed by atoms with Crippen molar-refractivity contribution in [3.63, 3.8) is 0 Å². The highest BCUT2D eigenvalue weighted by atomic mass is 16.2. The van der Waals surface area contributed by atoms with E-state index in [9.17, 15) is 4.79 Å². The summed E-state index contributed by atoms with van der Waals surface area (Å²) in [5.41, 5.74) is 0. The van der Waals surface area contributed by atoms with Crippen molar-refractivity contribution < 1.29 is 4.79 Å². The largest absolute Gasteiger partial charge is 0.341 e. The van der Waals surface area contributed by atoms with Gasteiger partial charge < -0.3 is 9.88 Å². The number of hydrogen-bond acceptors (Lipinski definition) is 2. The Labute approximate surface area is 71.6 Å². The fourth-order valence-electron chi connectivity index (χ4n) is 1.04. The van der Waals surface area contributed by atoms with Crippen molar-refractivity contribution in [3.8, 4) is 0 Å². The Morgan fingerprint density at radius 1 is 1.58 bits per heavy atom. The summed E-state index contributed by atoms with van der Waals surface area (Å²) in [6.45, 7) is 5.33. The molecule has 0 fully saturated rings. The number of amides is 1. The number of carbonyl (C=O) groups is 1. The second-order valence-electron chi connectivity index (χ2n) is 2.42. The van der Waals surface area contributed by atoms with Gasteiger partial charge in [-0.3, -0.25) is 4.79 Å². The third kappa shape index (κ3) is 1.64. The van der Waals surface area contributed by atoms with Crippen LogP contribution in [0.25, 0.3) is 0 Å². The van der Waals surface area contributed by atoms with Gasteiger partial charge in [-0.1, -0.05) is 0 Å². The molecule has 0 saturated heterocycles. The van der Waals surface area contributed by atoms with E-state index in [2.05, 4.69) is 9.97 Å². The van der Waals surface area contributed by atoms with Crippen molar-refractivity contribution in [1.82, 2.24) is 14.9 Å². The predicted octanol–water partition coefficient (Wildman–Crippen LogP) is 0.892. The maximum Gasteiger partial charge on any atom is 0.289 e. The summed E-state index contributed by atoms with van der Waals surface area (Å²) in [6.07, 6.45) is 3.23. The van der Waals surface area contributed by atoms with Crippen LogP contribution in [-0.4, -0.2) is 33.9 Å². The minimum Gasteiger partial charge on any atom is -0.341 e. The Kier molecular flexibility index (Phi) is 2.85. The van der Waals surface area contributed by atoms with Crippen molar-refractivity contribution in [1.29, 1.82) is 0 Å². The summed E-state index contributed by atoms with van der Waals surface area (Å²) in [7, 11) is 0. The number of imidazole rings is 1. The quantitative estimate of drug-likeness (QED) is 0.726. The number of H-pyrrole nitrogens is 1. The van der Waals surface area contributed by atoms with Gasteiger partial charge in [0.15, 0.2) is 5.82 Å². The Balaban J connectivity index is 2.70. The summed E-state index contributed by atoms with van der Waals surface area (Å²) in [4.78, 5) is 19.9. The zero-order chi connectivity index (χ0) is 8.97. The van der Waals surface area contributed by atoms with Gasteiger partial charge in [-0.2, -0.15) is 0 Å². The summed E-state index contributed by atoms with van der Waals surface area (Å²) in [5.74, 6) is 0.378. The summed E-state index contributed by atoms with van der Waals surface area (Å²) in [5, 5.41) is 0. The van der Waals surface area contributed by atoms with E-state index < -0.39 is 0 Å². The third-order valence-corrected chi connectivity index (χ3v) is 1.75. The lowest BCUT2D eigenvalue weighted by Gasteiger charge is -2.16. The fraction of sp³-hybridized carbons (Fsp3) is 0.500. The molecule has 0 radical (unpaired) electrons. The van der Waals surface area contributed by atoms with Crippen LogP contribution in [0.1, 0.15) is 24.5 Å². The highest BCUT2D eigenvalue weighted by molar-refractivity contribution is 5.90. The van der Waals surface area contributed by atoms with Crippen molar-refractivity contribution in [2.24, 2.45) is 0 Å². The molecule has 0 saturated carbocycles. The number of aromatic amines is 1. The molecule has 0 aliphatic rings. The normalized spacial score (nSPS) is 9.83. The zero-order valence-electron chi connectivity index (χ0n) is 7.37. The molecule has 1 aromatic rings. The lowest BCUT2D eigenvalue weighted by Crippen LogP contribution is -2.31. The van der Waals surface area contributed by atoms with Gasteiger partial charge in [-0.05, 0) is 13.8 Å². The van der Waals surface area contributed by atoms with E-state index in [1.807, 2.05) is 13.8 Å². The van der Waals surface area contributed by atoms with Gasteiger partial charge in [0.2, 0.25) is 0 Å². The van der Waals surface area contributed by atoms with Crippen LogP contribution in [0.15, 0.2) is 12.4 Å². The number of hydrogen-bond donors (Lipinski definition) is 1. The second-order valence-corrected chi connectivity index (χ2v) is 2.42. The smallest absolute Gasteiger partial charge is 0.289 e. The molecule has 0 atom stereocenters. The van der Waals surface area contributed by atoms with Crippen LogP contribution in [0.5, 0.6) is 0 Å². The number of rotatable bonds is 3. The highest BCUT2D eigenvalue weighted by Gasteiger charge is 2.13. The van der Waals surface area contributed by atoms with Crippen LogP contribution >= 0.6 is 0 Å². The van der Waals surface area contributed by atoms with Crippen molar-refractivity contribution in [3.05, 3.63) is 18.2 Å². The molecule has 0 aromatic carbocycles. The minimum atomic E-state index is -0.0370. The van der Waals surface area contributed by atoms with E-state index in [4.69, 9.17) is 0 Å². The number of aromatic nitrogens is 2. The summed E-state index contributed by atoms with van der Waals surface area (Å²) < 4.78 is 0. The first-order valence-electron chi connectivity index (χ1n) is 4.08. The van der Waals surface area contributed by atoms with Crippen molar-refractivity contribution in [2.45, 2.75) is 13.8 Å². The molecular formula is C8H13N3O. The molecule has 1 amide bonds. The van der Waals surface area contributed by atoms with Gasteiger partial charge >= 0.3 is 0 Å². The van der Waals surface area contributed by atoms with E-state index >= 15 is 0 Å². The predicted molar refractivity (Wildman–Crippen MR) is 45.8 cm³/mol. The third-order valence-electron chi connectivity index (χ3n) is 1.75. The number of nitrogens with one attached hydrogen (secondary N) is 1. The Hall–Kier alpha value is -1.32. The standard InChI is InChI=1S/C8H13N3O/c1-3-11(4-2)8(12)7-9-5-6-10-7/h5-6H,3-4H2,1-2H3,(H,9,10). The molecule has 1 rings (SSSR count). The Morgan fingerprint density at radius 2 is 2.25 bits per heavy atom.